The fourth-order valence-electron chi connectivity index (χ4n) is 3.25. The molecule has 1 amide bonds. The maximum absolute atomic E-state index is 12.7. The van der Waals surface area contributed by atoms with E-state index < -0.39 is 6.10 Å². The predicted molar refractivity (Wildman–Crippen MR) is 103 cm³/mol. The molecule has 2 aromatic rings. The summed E-state index contributed by atoms with van der Waals surface area (Å²) in [4.78, 5) is 17.7. The van der Waals surface area contributed by atoms with E-state index in [1.54, 1.807) is 16.0 Å². The second kappa shape index (κ2) is 8.90. The number of amides is 1. The van der Waals surface area contributed by atoms with Gasteiger partial charge in [0.2, 0.25) is 5.91 Å². The summed E-state index contributed by atoms with van der Waals surface area (Å²) in [6.45, 7) is 6.30. The van der Waals surface area contributed by atoms with Crippen LogP contribution >= 0.6 is 11.3 Å². The largest absolute Gasteiger partial charge is 0.387 e. The number of thiophene rings is 1. The summed E-state index contributed by atoms with van der Waals surface area (Å²) < 4.78 is 1.59. The fraction of sp³-hybridized carbons (Fsp3) is 0.667. The van der Waals surface area contributed by atoms with Crippen LogP contribution in [-0.4, -0.2) is 67.2 Å². The van der Waals surface area contributed by atoms with Crippen molar-refractivity contribution in [3.8, 4) is 0 Å². The summed E-state index contributed by atoms with van der Waals surface area (Å²) >= 11 is 1.58. The van der Waals surface area contributed by atoms with Crippen molar-refractivity contribution in [3.63, 3.8) is 0 Å². The predicted octanol–water partition coefficient (Wildman–Crippen LogP) is 1.55. The first kappa shape index (κ1) is 19.9. The van der Waals surface area contributed by atoms with E-state index in [-0.39, 0.29) is 18.4 Å². The third-order valence-electron chi connectivity index (χ3n) is 5.34. The van der Waals surface area contributed by atoms with E-state index in [2.05, 4.69) is 34.3 Å². The molecule has 1 atom stereocenters. The molecule has 2 aromatic heterocycles. The van der Waals surface area contributed by atoms with E-state index in [9.17, 15) is 9.90 Å². The van der Waals surface area contributed by atoms with Crippen LogP contribution in [0.25, 0.3) is 0 Å². The Balaban J connectivity index is 1.52. The smallest absolute Gasteiger partial charge is 0.244 e. The van der Waals surface area contributed by atoms with Crippen LogP contribution in [0, 0.1) is 5.92 Å². The molecule has 9 heteroatoms. The number of aromatic nitrogens is 4. The Bertz CT molecular complexity index is 724. The summed E-state index contributed by atoms with van der Waals surface area (Å²) in [5.41, 5.74) is 0. The summed E-state index contributed by atoms with van der Waals surface area (Å²) in [7, 11) is 2.01. The summed E-state index contributed by atoms with van der Waals surface area (Å²) in [5, 5.41) is 24.3. The molecule has 0 aromatic carbocycles. The second-order valence-corrected chi connectivity index (χ2v) is 8.42. The van der Waals surface area contributed by atoms with Gasteiger partial charge in [-0.3, -0.25) is 9.69 Å². The van der Waals surface area contributed by atoms with Gasteiger partial charge < -0.3 is 10.0 Å². The van der Waals surface area contributed by atoms with Crippen molar-refractivity contribution >= 4 is 17.2 Å². The van der Waals surface area contributed by atoms with Crippen LogP contribution < -0.4 is 0 Å². The Morgan fingerprint density at radius 1 is 1.41 bits per heavy atom. The molecule has 27 heavy (non-hydrogen) atoms. The molecule has 1 fully saturated rings. The third-order valence-corrected chi connectivity index (χ3v) is 6.28. The highest BCUT2D eigenvalue weighted by molar-refractivity contribution is 7.10. The van der Waals surface area contributed by atoms with Gasteiger partial charge >= 0.3 is 0 Å². The zero-order valence-corrected chi connectivity index (χ0v) is 17.0. The fourth-order valence-corrected chi connectivity index (χ4v) is 4.05. The van der Waals surface area contributed by atoms with Crippen LogP contribution in [0.15, 0.2) is 17.5 Å². The molecule has 148 valence electrons. The van der Waals surface area contributed by atoms with Crippen LogP contribution in [-0.2, 0) is 17.9 Å². The lowest BCUT2D eigenvalue weighted by Crippen LogP contribution is -2.41. The molecule has 8 nitrogen and oxygen atoms in total. The third kappa shape index (κ3) is 4.91. The van der Waals surface area contributed by atoms with Crippen LogP contribution in [0.3, 0.4) is 0 Å². The number of tetrazole rings is 1. The zero-order chi connectivity index (χ0) is 19.4. The van der Waals surface area contributed by atoms with Gasteiger partial charge in [-0.15, -0.1) is 16.4 Å². The second-order valence-electron chi connectivity index (χ2n) is 7.44. The number of carbonyl (C=O) groups is 1. The molecule has 1 aliphatic heterocycles. The number of hydrogen-bond donors (Lipinski definition) is 1. The maximum Gasteiger partial charge on any atom is 0.244 e. The lowest BCUT2D eigenvalue weighted by molar-refractivity contribution is -0.134. The van der Waals surface area contributed by atoms with Gasteiger partial charge in [0.1, 0.15) is 6.54 Å². The molecule has 0 spiro atoms. The van der Waals surface area contributed by atoms with Crippen molar-refractivity contribution in [2.24, 2.45) is 5.92 Å². The van der Waals surface area contributed by atoms with Gasteiger partial charge in [0, 0.05) is 24.0 Å². The van der Waals surface area contributed by atoms with Crippen molar-refractivity contribution in [1.82, 2.24) is 30.0 Å². The van der Waals surface area contributed by atoms with Gasteiger partial charge in [-0.2, -0.15) is 0 Å². The van der Waals surface area contributed by atoms with Crippen molar-refractivity contribution in [2.75, 3.05) is 20.1 Å². The molecular weight excluding hydrogens is 364 g/mol. The highest BCUT2D eigenvalue weighted by Crippen LogP contribution is 2.32. The van der Waals surface area contributed by atoms with E-state index in [1.807, 2.05) is 29.5 Å². The van der Waals surface area contributed by atoms with Gasteiger partial charge in [-0.05, 0) is 61.5 Å². The summed E-state index contributed by atoms with van der Waals surface area (Å²) in [6.07, 6.45) is 1.19. The number of aliphatic hydroxyl groups excluding tert-OH is 1. The van der Waals surface area contributed by atoms with Crippen LogP contribution in [0.2, 0.25) is 0 Å². The molecule has 0 bridgehead atoms. The molecule has 1 N–H and O–H groups in total. The van der Waals surface area contributed by atoms with E-state index >= 15 is 0 Å². The van der Waals surface area contributed by atoms with E-state index in [1.165, 1.54) is 0 Å². The SMILES string of the molecule is CC(C)N(C)Cc1nnnn1CC(=O)N1CCC([C@@H](O)c2cccs2)CC1. The number of likely N-dealkylation sites (tertiary alicyclic amines) is 1. The Morgan fingerprint density at radius 3 is 2.78 bits per heavy atom. The molecule has 0 radical (unpaired) electrons. The van der Waals surface area contributed by atoms with Crippen LogP contribution in [0.4, 0.5) is 0 Å². The molecule has 0 aliphatic carbocycles. The standard InChI is InChI=1S/C18H28N6O2S/c1-13(2)22(3)11-16-19-20-21-24(16)12-17(25)23-8-6-14(7-9-23)18(26)15-5-4-10-27-15/h4-5,10,13-14,18,26H,6-9,11-12H2,1-3H3/t18-/m1/s1. The minimum Gasteiger partial charge on any atom is -0.387 e. The van der Waals surface area contributed by atoms with Crippen molar-refractivity contribution in [2.45, 2.75) is 51.9 Å². The number of rotatable bonds is 7. The topological polar surface area (TPSA) is 87.4 Å². The average Bonchev–Trinajstić information content (AvgIpc) is 3.33. The molecule has 1 saturated heterocycles. The summed E-state index contributed by atoms with van der Waals surface area (Å²) in [6, 6.07) is 4.31. The van der Waals surface area contributed by atoms with Gasteiger partial charge in [-0.1, -0.05) is 6.07 Å². The molecule has 3 rings (SSSR count). The molecular formula is C18H28N6O2S. The maximum atomic E-state index is 12.7. The normalized spacial score (nSPS) is 17.0. The highest BCUT2D eigenvalue weighted by atomic mass is 32.1. The van der Waals surface area contributed by atoms with Gasteiger partial charge in [0.15, 0.2) is 5.82 Å². The minimum atomic E-state index is -0.431. The molecule has 0 saturated carbocycles. The summed E-state index contributed by atoms with van der Waals surface area (Å²) in [5.74, 6) is 0.929. The first-order valence-corrected chi connectivity index (χ1v) is 10.3. The zero-order valence-electron chi connectivity index (χ0n) is 16.2. The van der Waals surface area contributed by atoms with Crippen LogP contribution in [0.5, 0.6) is 0 Å². The van der Waals surface area contributed by atoms with Gasteiger partial charge in [-0.25, -0.2) is 4.68 Å². The van der Waals surface area contributed by atoms with Crippen molar-refractivity contribution in [3.05, 3.63) is 28.2 Å². The first-order chi connectivity index (χ1) is 13.0. The minimum absolute atomic E-state index is 0.0276. The first-order valence-electron chi connectivity index (χ1n) is 9.40. The Labute approximate surface area is 163 Å². The number of piperidine rings is 1. The molecule has 1 aliphatic rings. The van der Waals surface area contributed by atoms with Crippen LogP contribution in [0.1, 0.15) is 43.5 Å². The lowest BCUT2D eigenvalue weighted by atomic mass is 9.90. The Kier molecular flexibility index (Phi) is 6.56. The quantitative estimate of drug-likeness (QED) is 0.769. The van der Waals surface area contributed by atoms with Crippen molar-refractivity contribution in [1.29, 1.82) is 0 Å². The average molecular weight is 393 g/mol. The highest BCUT2D eigenvalue weighted by Gasteiger charge is 2.29. The number of carbonyl (C=O) groups excluding carboxylic acids is 1. The Hall–Kier alpha value is -1.84. The number of nitrogens with zero attached hydrogens (tertiary/aromatic N) is 6. The van der Waals surface area contributed by atoms with E-state index in [0.717, 1.165) is 17.7 Å². The Morgan fingerprint density at radius 2 is 2.15 bits per heavy atom. The monoisotopic (exact) mass is 392 g/mol. The molecule has 3 heterocycles. The van der Waals surface area contributed by atoms with Gasteiger partial charge in [0.05, 0.1) is 12.6 Å². The number of aliphatic hydroxyl groups is 1. The van der Waals surface area contributed by atoms with E-state index in [4.69, 9.17) is 0 Å². The van der Waals surface area contributed by atoms with Gasteiger partial charge in [0.25, 0.3) is 0 Å². The van der Waals surface area contributed by atoms with Crippen molar-refractivity contribution < 1.29 is 9.90 Å². The molecule has 0 unspecified atom stereocenters. The van der Waals surface area contributed by atoms with E-state index in [0.29, 0.717) is 31.5 Å². The number of hydrogen-bond acceptors (Lipinski definition) is 7. The lowest BCUT2D eigenvalue weighted by Gasteiger charge is -2.34.